The fourth-order valence-corrected chi connectivity index (χ4v) is 2.14. The molecule has 0 bridgehead atoms. The van der Waals surface area contributed by atoms with Crippen LogP contribution in [0.1, 0.15) is 26.5 Å². The molecule has 2 rings (SSSR count). The van der Waals surface area contributed by atoms with Crippen molar-refractivity contribution in [2.45, 2.75) is 39.9 Å². The molecule has 0 amide bonds. The van der Waals surface area contributed by atoms with Gasteiger partial charge in [-0.05, 0) is 31.2 Å². The van der Waals surface area contributed by atoms with Crippen LogP contribution in [-0.4, -0.2) is 15.7 Å². The van der Waals surface area contributed by atoms with Gasteiger partial charge in [0.25, 0.3) is 0 Å². The van der Waals surface area contributed by atoms with Crippen molar-refractivity contribution in [1.82, 2.24) is 9.88 Å². The molecule has 0 saturated carbocycles. The van der Waals surface area contributed by atoms with Gasteiger partial charge in [-0.2, -0.15) is 0 Å². The third-order valence-corrected chi connectivity index (χ3v) is 2.98. The number of aryl methyl sites for hydroxylation is 1. The number of hydrogen-bond donors (Lipinski definition) is 2. The summed E-state index contributed by atoms with van der Waals surface area (Å²) in [5.74, 6) is 0.328. The summed E-state index contributed by atoms with van der Waals surface area (Å²) in [4.78, 5) is 0. The summed E-state index contributed by atoms with van der Waals surface area (Å²) < 4.78 is 2.28. The molecule has 17 heavy (non-hydrogen) atoms. The average molecular weight is 232 g/mol. The molecular weight excluding hydrogens is 212 g/mol. The highest BCUT2D eigenvalue weighted by Gasteiger charge is 2.08. The molecule has 0 aliphatic heterocycles. The Hall–Kier alpha value is -1.48. The first-order valence-corrected chi connectivity index (χ1v) is 6.16. The molecule has 0 saturated heterocycles. The Morgan fingerprint density at radius 1 is 1.29 bits per heavy atom. The number of benzene rings is 1. The molecule has 0 radical (unpaired) electrons. The van der Waals surface area contributed by atoms with Crippen LogP contribution >= 0.6 is 0 Å². The number of aromatic hydroxyl groups is 1. The van der Waals surface area contributed by atoms with Crippen molar-refractivity contribution in [1.29, 1.82) is 0 Å². The van der Waals surface area contributed by atoms with Crippen LogP contribution in [-0.2, 0) is 13.1 Å². The molecule has 2 N–H and O–H groups in total. The standard InChI is InChI=1S/C14H20N2O/c1-4-16-12(9-15-10(2)3)7-11-8-13(17)5-6-14(11)16/h5-8,10,15,17H,4,9H2,1-3H3. The molecule has 0 aliphatic carbocycles. The van der Waals surface area contributed by atoms with Gasteiger partial charge in [-0.25, -0.2) is 0 Å². The number of aromatic nitrogens is 1. The van der Waals surface area contributed by atoms with E-state index >= 15 is 0 Å². The predicted octanol–water partition coefficient (Wildman–Crippen LogP) is 2.86. The summed E-state index contributed by atoms with van der Waals surface area (Å²) in [6.07, 6.45) is 0. The van der Waals surface area contributed by atoms with Crippen LogP contribution in [0.25, 0.3) is 10.9 Å². The lowest BCUT2D eigenvalue weighted by Gasteiger charge is -2.11. The van der Waals surface area contributed by atoms with Crippen molar-refractivity contribution in [3.63, 3.8) is 0 Å². The van der Waals surface area contributed by atoms with Crippen LogP contribution in [0.5, 0.6) is 5.75 Å². The Kier molecular flexibility index (Phi) is 3.38. The second-order valence-electron chi connectivity index (χ2n) is 4.66. The first kappa shape index (κ1) is 12.0. The van der Waals surface area contributed by atoms with Crippen molar-refractivity contribution >= 4 is 10.9 Å². The molecule has 0 fully saturated rings. The largest absolute Gasteiger partial charge is 0.508 e. The molecule has 0 aliphatic rings. The van der Waals surface area contributed by atoms with E-state index in [0.717, 1.165) is 18.5 Å². The minimum atomic E-state index is 0.328. The summed E-state index contributed by atoms with van der Waals surface area (Å²) in [6, 6.07) is 8.17. The van der Waals surface area contributed by atoms with Crippen molar-refractivity contribution in [3.8, 4) is 5.75 Å². The summed E-state index contributed by atoms with van der Waals surface area (Å²) >= 11 is 0. The smallest absolute Gasteiger partial charge is 0.116 e. The number of phenolic OH excluding ortho intramolecular Hbond substituents is 1. The monoisotopic (exact) mass is 232 g/mol. The van der Waals surface area contributed by atoms with Gasteiger partial charge in [-0.15, -0.1) is 0 Å². The highest BCUT2D eigenvalue weighted by molar-refractivity contribution is 5.82. The van der Waals surface area contributed by atoms with Gasteiger partial charge in [0.2, 0.25) is 0 Å². The van der Waals surface area contributed by atoms with E-state index in [0.29, 0.717) is 11.8 Å². The predicted molar refractivity (Wildman–Crippen MR) is 71.3 cm³/mol. The van der Waals surface area contributed by atoms with Crippen LogP contribution < -0.4 is 5.32 Å². The summed E-state index contributed by atoms with van der Waals surface area (Å²) in [5, 5.41) is 14.0. The number of nitrogens with one attached hydrogen (secondary N) is 1. The molecule has 3 heteroatoms. The van der Waals surface area contributed by atoms with E-state index < -0.39 is 0 Å². The summed E-state index contributed by atoms with van der Waals surface area (Å²) in [5.41, 5.74) is 2.45. The molecule has 1 aromatic heterocycles. The second-order valence-corrected chi connectivity index (χ2v) is 4.66. The average Bonchev–Trinajstić information content (AvgIpc) is 2.62. The molecule has 0 unspecified atom stereocenters. The Morgan fingerprint density at radius 2 is 2.06 bits per heavy atom. The zero-order valence-electron chi connectivity index (χ0n) is 10.7. The topological polar surface area (TPSA) is 37.2 Å². The maximum Gasteiger partial charge on any atom is 0.116 e. The summed E-state index contributed by atoms with van der Waals surface area (Å²) in [6.45, 7) is 8.24. The van der Waals surface area contributed by atoms with E-state index in [1.54, 1.807) is 6.07 Å². The fourth-order valence-electron chi connectivity index (χ4n) is 2.14. The minimum absolute atomic E-state index is 0.328. The van der Waals surface area contributed by atoms with Crippen molar-refractivity contribution < 1.29 is 5.11 Å². The molecule has 3 nitrogen and oxygen atoms in total. The van der Waals surface area contributed by atoms with Gasteiger partial charge in [0.05, 0.1) is 0 Å². The molecule has 0 atom stereocenters. The molecule has 1 heterocycles. The highest BCUT2D eigenvalue weighted by Crippen LogP contribution is 2.24. The van der Waals surface area contributed by atoms with E-state index in [2.05, 4.69) is 36.7 Å². The van der Waals surface area contributed by atoms with Gasteiger partial charge >= 0.3 is 0 Å². The van der Waals surface area contributed by atoms with Gasteiger partial charge in [0.15, 0.2) is 0 Å². The highest BCUT2D eigenvalue weighted by atomic mass is 16.3. The van der Waals surface area contributed by atoms with Crippen molar-refractivity contribution in [2.24, 2.45) is 0 Å². The normalized spacial score (nSPS) is 11.5. The van der Waals surface area contributed by atoms with Crippen LogP contribution in [0.3, 0.4) is 0 Å². The van der Waals surface area contributed by atoms with Gasteiger partial charge < -0.3 is 15.0 Å². The van der Waals surface area contributed by atoms with E-state index in [1.165, 1.54) is 11.2 Å². The first-order valence-electron chi connectivity index (χ1n) is 6.16. The van der Waals surface area contributed by atoms with E-state index in [4.69, 9.17) is 0 Å². The molecule has 2 aromatic rings. The van der Waals surface area contributed by atoms with Gasteiger partial charge in [0.1, 0.15) is 5.75 Å². The second kappa shape index (κ2) is 4.80. The molecule has 0 spiro atoms. The van der Waals surface area contributed by atoms with Crippen molar-refractivity contribution in [3.05, 3.63) is 30.0 Å². The molecular formula is C14H20N2O. The Balaban J connectivity index is 2.41. The van der Waals surface area contributed by atoms with Crippen LogP contribution in [0, 0.1) is 0 Å². The third kappa shape index (κ3) is 2.44. The van der Waals surface area contributed by atoms with Crippen molar-refractivity contribution in [2.75, 3.05) is 0 Å². The van der Waals surface area contributed by atoms with E-state index in [-0.39, 0.29) is 0 Å². The first-order chi connectivity index (χ1) is 8.11. The summed E-state index contributed by atoms with van der Waals surface area (Å²) in [7, 11) is 0. The number of rotatable bonds is 4. The zero-order valence-corrected chi connectivity index (χ0v) is 10.7. The SMILES string of the molecule is CCn1c(CNC(C)C)cc2cc(O)ccc21. The maximum atomic E-state index is 9.50. The minimum Gasteiger partial charge on any atom is -0.508 e. The Labute approximate surface area is 102 Å². The lowest BCUT2D eigenvalue weighted by atomic mass is 10.2. The van der Waals surface area contributed by atoms with Gasteiger partial charge in [-0.3, -0.25) is 0 Å². The van der Waals surface area contributed by atoms with Crippen LogP contribution in [0.4, 0.5) is 0 Å². The van der Waals surface area contributed by atoms with Crippen LogP contribution in [0.2, 0.25) is 0 Å². The number of hydrogen-bond acceptors (Lipinski definition) is 2. The number of phenols is 1. The van der Waals surface area contributed by atoms with Gasteiger partial charge in [-0.1, -0.05) is 13.8 Å². The third-order valence-electron chi connectivity index (χ3n) is 2.98. The quantitative estimate of drug-likeness (QED) is 0.850. The fraction of sp³-hybridized carbons (Fsp3) is 0.429. The van der Waals surface area contributed by atoms with Crippen LogP contribution in [0.15, 0.2) is 24.3 Å². The maximum absolute atomic E-state index is 9.50. The molecule has 1 aromatic carbocycles. The molecule has 92 valence electrons. The van der Waals surface area contributed by atoms with Gasteiger partial charge in [0, 0.05) is 35.7 Å². The van der Waals surface area contributed by atoms with E-state index in [1.807, 2.05) is 12.1 Å². The van der Waals surface area contributed by atoms with E-state index in [9.17, 15) is 5.11 Å². The lowest BCUT2D eigenvalue weighted by Crippen LogP contribution is -2.23. The number of nitrogens with zero attached hydrogens (tertiary/aromatic N) is 1. The lowest BCUT2D eigenvalue weighted by molar-refractivity contribution is 0.476. The zero-order chi connectivity index (χ0) is 12.4. The number of fused-ring (bicyclic) bond motifs is 1. The Morgan fingerprint density at radius 3 is 2.71 bits per heavy atom. The Bertz CT molecular complexity index is 514.